The number of carbonyl (C=O) groups excluding carboxylic acids is 2. The first-order valence-electron chi connectivity index (χ1n) is 12.9. The van der Waals surface area contributed by atoms with Crippen LogP contribution in [-0.4, -0.2) is 42.3 Å². The van der Waals surface area contributed by atoms with Crippen molar-refractivity contribution in [1.29, 1.82) is 0 Å². The summed E-state index contributed by atoms with van der Waals surface area (Å²) in [4.78, 5) is 24.8. The molecule has 0 saturated heterocycles. The molecule has 6 nitrogen and oxygen atoms in total. The number of rotatable bonds is 14. The van der Waals surface area contributed by atoms with Crippen molar-refractivity contribution in [1.82, 2.24) is 5.32 Å². The van der Waals surface area contributed by atoms with Crippen LogP contribution in [0.15, 0.2) is 18.2 Å². The zero-order valence-corrected chi connectivity index (χ0v) is 22.4. The highest BCUT2D eigenvalue weighted by atomic mass is 16.5. The van der Waals surface area contributed by atoms with Crippen LogP contribution in [-0.2, 0) is 21.4 Å². The SMILES string of the molecule is CCCCNC(=O)[C@@H](O)CC[C@H](N)C[C@H](Cc1ccc(C(C)(C)C)cc1C(=O)OCC)C(C)C. The summed E-state index contributed by atoms with van der Waals surface area (Å²) in [5, 5.41) is 12.9. The molecular formula is C28H48N2O4. The van der Waals surface area contributed by atoms with E-state index in [1.54, 1.807) is 0 Å². The number of amides is 1. The molecule has 0 bridgehead atoms. The predicted octanol–water partition coefficient (Wildman–Crippen LogP) is 4.75. The van der Waals surface area contributed by atoms with E-state index in [9.17, 15) is 14.7 Å². The van der Waals surface area contributed by atoms with Crippen LogP contribution in [0.25, 0.3) is 0 Å². The topological polar surface area (TPSA) is 102 Å². The molecule has 34 heavy (non-hydrogen) atoms. The van der Waals surface area contributed by atoms with E-state index in [4.69, 9.17) is 10.5 Å². The van der Waals surface area contributed by atoms with Crippen molar-refractivity contribution in [3.8, 4) is 0 Å². The van der Waals surface area contributed by atoms with E-state index in [0.717, 1.165) is 36.8 Å². The van der Waals surface area contributed by atoms with E-state index >= 15 is 0 Å². The first kappa shape index (κ1) is 30.1. The Hall–Kier alpha value is -1.92. The van der Waals surface area contributed by atoms with Gasteiger partial charge in [0.15, 0.2) is 0 Å². The summed E-state index contributed by atoms with van der Waals surface area (Å²) in [7, 11) is 0. The van der Waals surface area contributed by atoms with Crippen molar-refractivity contribution in [3.05, 3.63) is 34.9 Å². The first-order chi connectivity index (χ1) is 15.9. The van der Waals surface area contributed by atoms with Crippen LogP contribution in [0.3, 0.4) is 0 Å². The molecule has 1 aromatic rings. The number of aliphatic hydroxyl groups excluding tert-OH is 1. The van der Waals surface area contributed by atoms with E-state index in [2.05, 4.69) is 59.0 Å². The second-order valence-corrected chi connectivity index (χ2v) is 10.8. The Morgan fingerprint density at radius 2 is 1.82 bits per heavy atom. The zero-order chi connectivity index (χ0) is 25.9. The fourth-order valence-corrected chi connectivity index (χ4v) is 4.01. The number of nitrogens with one attached hydrogen (secondary N) is 1. The standard InChI is InChI=1S/C28H48N2O4/c1-8-10-15-30-26(32)25(31)14-13-23(29)17-21(19(3)4)16-20-11-12-22(28(5,6)7)18-24(20)27(33)34-9-2/h11-12,18-19,21,23,25,31H,8-10,13-17,29H2,1-7H3,(H,30,32)/t21-,23-,25-/m0/s1. The molecule has 0 spiro atoms. The molecule has 1 amide bonds. The number of unbranched alkanes of at least 4 members (excludes halogenated alkanes) is 1. The predicted molar refractivity (Wildman–Crippen MR) is 139 cm³/mol. The number of hydrogen-bond donors (Lipinski definition) is 3. The van der Waals surface area contributed by atoms with Crippen LogP contribution >= 0.6 is 0 Å². The molecule has 1 aromatic carbocycles. The van der Waals surface area contributed by atoms with Crippen molar-refractivity contribution in [2.45, 2.75) is 105 Å². The molecule has 0 aliphatic heterocycles. The van der Waals surface area contributed by atoms with E-state index in [1.807, 2.05) is 13.0 Å². The van der Waals surface area contributed by atoms with Gasteiger partial charge in [-0.3, -0.25) is 4.79 Å². The van der Waals surface area contributed by atoms with Crippen molar-refractivity contribution in [2.24, 2.45) is 17.6 Å². The lowest BCUT2D eigenvalue weighted by atomic mass is 9.80. The normalized spacial score (nSPS) is 14.5. The molecule has 3 atom stereocenters. The van der Waals surface area contributed by atoms with Gasteiger partial charge in [0.25, 0.3) is 0 Å². The molecular weight excluding hydrogens is 428 g/mol. The number of esters is 1. The average Bonchev–Trinajstić information content (AvgIpc) is 2.76. The van der Waals surface area contributed by atoms with Crippen LogP contribution in [0.5, 0.6) is 0 Å². The Balaban J connectivity index is 2.88. The molecule has 6 heteroatoms. The Kier molecular flexibility index (Phi) is 12.8. The smallest absolute Gasteiger partial charge is 0.338 e. The van der Waals surface area contributed by atoms with Gasteiger partial charge in [0.1, 0.15) is 6.10 Å². The zero-order valence-electron chi connectivity index (χ0n) is 22.4. The van der Waals surface area contributed by atoms with Crippen molar-refractivity contribution >= 4 is 11.9 Å². The van der Waals surface area contributed by atoms with E-state index in [1.165, 1.54) is 0 Å². The third-order valence-corrected chi connectivity index (χ3v) is 6.44. The molecule has 0 heterocycles. The minimum absolute atomic E-state index is 0.0662. The number of nitrogens with two attached hydrogens (primary N) is 1. The highest BCUT2D eigenvalue weighted by Crippen LogP contribution is 2.29. The Labute approximate surface area is 207 Å². The van der Waals surface area contributed by atoms with Crippen LogP contribution in [0.1, 0.15) is 102 Å². The third-order valence-electron chi connectivity index (χ3n) is 6.44. The van der Waals surface area contributed by atoms with Gasteiger partial charge < -0.3 is 20.9 Å². The van der Waals surface area contributed by atoms with Gasteiger partial charge >= 0.3 is 5.97 Å². The lowest BCUT2D eigenvalue weighted by molar-refractivity contribution is -0.129. The lowest BCUT2D eigenvalue weighted by Crippen LogP contribution is -2.36. The maximum Gasteiger partial charge on any atom is 0.338 e. The maximum absolute atomic E-state index is 12.7. The molecule has 0 aromatic heterocycles. The largest absolute Gasteiger partial charge is 0.462 e. The van der Waals surface area contributed by atoms with Crippen molar-refractivity contribution in [2.75, 3.05) is 13.2 Å². The molecule has 0 fully saturated rings. The highest BCUT2D eigenvalue weighted by Gasteiger charge is 2.24. The van der Waals surface area contributed by atoms with Gasteiger partial charge in [0.05, 0.1) is 12.2 Å². The summed E-state index contributed by atoms with van der Waals surface area (Å²) >= 11 is 0. The maximum atomic E-state index is 12.7. The monoisotopic (exact) mass is 476 g/mol. The number of benzene rings is 1. The summed E-state index contributed by atoms with van der Waals surface area (Å²) < 4.78 is 5.35. The molecule has 0 aliphatic carbocycles. The second-order valence-electron chi connectivity index (χ2n) is 10.8. The lowest BCUT2D eigenvalue weighted by Gasteiger charge is -2.27. The van der Waals surface area contributed by atoms with Crippen LogP contribution in [0.2, 0.25) is 0 Å². The number of carbonyl (C=O) groups is 2. The summed E-state index contributed by atoms with van der Waals surface area (Å²) in [6.45, 7) is 15.5. The number of ether oxygens (including phenoxy) is 1. The van der Waals surface area contributed by atoms with Gasteiger partial charge in [0.2, 0.25) is 5.91 Å². The fraction of sp³-hybridized carbons (Fsp3) is 0.714. The Morgan fingerprint density at radius 1 is 1.15 bits per heavy atom. The molecule has 0 aliphatic rings. The minimum atomic E-state index is -1.03. The molecule has 0 unspecified atom stereocenters. The summed E-state index contributed by atoms with van der Waals surface area (Å²) in [5.74, 6) is 0.0246. The van der Waals surface area contributed by atoms with Crippen LogP contribution in [0.4, 0.5) is 0 Å². The molecule has 1 rings (SSSR count). The molecule has 0 saturated carbocycles. The first-order valence-corrected chi connectivity index (χ1v) is 12.9. The molecule has 4 N–H and O–H groups in total. The third kappa shape index (κ3) is 10.1. The molecule has 0 radical (unpaired) electrons. The van der Waals surface area contributed by atoms with Crippen LogP contribution < -0.4 is 11.1 Å². The number of aliphatic hydroxyl groups is 1. The van der Waals surface area contributed by atoms with Gasteiger partial charge in [0, 0.05) is 12.6 Å². The Bertz CT molecular complexity index is 770. The van der Waals surface area contributed by atoms with E-state index < -0.39 is 6.10 Å². The van der Waals surface area contributed by atoms with E-state index in [0.29, 0.717) is 37.5 Å². The van der Waals surface area contributed by atoms with Crippen molar-refractivity contribution in [3.63, 3.8) is 0 Å². The van der Waals surface area contributed by atoms with Gasteiger partial charge in [-0.25, -0.2) is 4.79 Å². The Morgan fingerprint density at radius 3 is 2.38 bits per heavy atom. The second kappa shape index (κ2) is 14.5. The van der Waals surface area contributed by atoms with Crippen molar-refractivity contribution < 1.29 is 19.4 Å². The average molecular weight is 477 g/mol. The summed E-state index contributed by atoms with van der Waals surface area (Å²) in [6, 6.07) is 5.99. The van der Waals surface area contributed by atoms with Gasteiger partial charge in [-0.15, -0.1) is 0 Å². The van der Waals surface area contributed by atoms with Gasteiger partial charge in [-0.1, -0.05) is 60.1 Å². The van der Waals surface area contributed by atoms with Gasteiger partial charge in [-0.2, -0.15) is 0 Å². The highest BCUT2D eigenvalue weighted by molar-refractivity contribution is 5.91. The summed E-state index contributed by atoms with van der Waals surface area (Å²) in [6.07, 6.45) is 3.26. The number of hydrogen-bond acceptors (Lipinski definition) is 5. The quantitative estimate of drug-likeness (QED) is 0.266. The van der Waals surface area contributed by atoms with Gasteiger partial charge in [-0.05, 0) is 73.5 Å². The minimum Gasteiger partial charge on any atom is -0.462 e. The van der Waals surface area contributed by atoms with Crippen LogP contribution in [0, 0.1) is 11.8 Å². The fourth-order valence-electron chi connectivity index (χ4n) is 4.01. The molecule has 194 valence electrons. The van der Waals surface area contributed by atoms with E-state index in [-0.39, 0.29) is 29.3 Å². The summed E-state index contributed by atoms with van der Waals surface area (Å²) in [5.41, 5.74) is 9.07.